The van der Waals surface area contributed by atoms with Crippen LogP contribution in [-0.2, 0) is 29.7 Å². The number of benzene rings is 2. The fourth-order valence-corrected chi connectivity index (χ4v) is 5.35. The second kappa shape index (κ2) is 8.59. The molecule has 2 aromatic heterocycles. The van der Waals surface area contributed by atoms with Gasteiger partial charge in [0.05, 0.1) is 23.6 Å². The maximum Gasteiger partial charge on any atom is 0.247 e. The number of amides is 2. The fraction of sp³-hybridized carbons (Fsp3) is 0.200. The molecule has 2 aromatic carbocycles. The first-order chi connectivity index (χ1) is 15.6. The maximum absolute atomic E-state index is 13.7. The van der Waals surface area contributed by atoms with Gasteiger partial charge in [-0.3, -0.25) is 9.59 Å². The van der Waals surface area contributed by atoms with E-state index in [-0.39, 0.29) is 24.1 Å². The van der Waals surface area contributed by atoms with Crippen molar-refractivity contribution in [3.63, 3.8) is 0 Å². The van der Waals surface area contributed by atoms with Crippen molar-refractivity contribution >= 4 is 34.5 Å². The van der Waals surface area contributed by atoms with E-state index >= 15 is 0 Å². The lowest BCUT2D eigenvalue weighted by Crippen LogP contribution is -2.43. The molecule has 1 N–H and O–H groups in total. The third kappa shape index (κ3) is 3.69. The first-order valence-corrected chi connectivity index (χ1v) is 11.5. The molecule has 4 aromatic rings. The quantitative estimate of drug-likeness (QED) is 0.498. The number of hydrogen-bond acceptors (Lipinski definition) is 4. The Morgan fingerprint density at radius 3 is 2.66 bits per heavy atom. The van der Waals surface area contributed by atoms with Gasteiger partial charge in [-0.15, -0.1) is 0 Å². The Morgan fingerprint density at radius 2 is 1.88 bits per heavy atom. The van der Waals surface area contributed by atoms with Crippen LogP contribution in [0, 0.1) is 0 Å². The maximum atomic E-state index is 13.7. The Kier molecular flexibility index (Phi) is 5.49. The number of thioether (sulfide) groups is 1. The molecular weight excluding hydrogens is 422 g/mol. The summed E-state index contributed by atoms with van der Waals surface area (Å²) in [6, 6.07) is 20.7. The number of nitrogens with zero attached hydrogens (tertiary/aromatic N) is 2. The summed E-state index contributed by atoms with van der Waals surface area (Å²) in [7, 11) is 1.99. The number of aromatic nitrogens is 1. The average molecular weight is 446 g/mol. The van der Waals surface area contributed by atoms with Crippen LogP contribution >= 0.6 is 11.8 Å². The Hall–Kier alpha value is -3.45. The fourth-order valence-electron chi connectivity index (χ4n) is 4.26. The van der Waals surface area contributed by atoms with Crippen molar-refractivity contribution < 1.29 is 14.0 Å². The van der Waals surface area contributed by atoms with Crippen LogP contribution in [0.1, 0.15) is 22.9 Å². The number of carbonyl (C=O) groups excluding carboxylic acids is 2. The Balaban J connectivity index is 1.59. The lowest BCUT2D eigenvalue weighted by Gasteiger charge is -2.29. The minimum absolute atomic E-state index is 0.0912. The van der Waals surface area contributed by atoms with Crippen molar-refractivity contribution in [3.05, 3.63) is 89.9 Å². The van der Waals surface area contributed by atoms with E-state index < -0.39 is 6.04 Å². The zero-order valence-electron chi connectivity index (χ0n) is 17.7. The van der Waals surface area contributed by atoms with Crippen molar-refractivity contribution in [3.8, 4) is 0 Å². The van der Waals surface area contributed by atoms with Gasteiger partial charge in [0, 0.05) is 30.1 Å². The van der Waals surface area contributed by atoms with Crippen LogP contribution in [0.3, 0.4) is 0 Å². The normalized spacial score (nSPS) is 16.1. The zero-order chi connectivity index (χ0) is 22.1. The second-order valence-corrected chi connectivity index (χ2v) is 8.75. The van der Waals surface area contributed by atoms with Crippen LogP contribution in [0.2, 0.25) is 0 Å². The molecule has 0 saturated heterocycles. The van der Waals surface area contributed by atoms with Crippen molar-refractivity contribution in [1.29, 1.82) is 0 Å². The highest BCUT2D eigenvalue weighted by Gasteiger charge is 2.39. The first-order valence-electron chi connectivity index (χ1n) is 10.5. The zero-order valence-corrected chi connectivity index (χ0v) is 18.5. The van der Waals surface area contributed by atoms with Crippen molar-refractivity contribution in [1.82, 2.24) is 14.8 Å². The highest BCUT2D eigenvalue weighted by Crippen LogP contribution is 2.42. The van der Waals surface area contributed by atoms with E-state index in [1.807, 2.05) is 67.7 Å². The topological polar surface area (TPSA) is 67.5 Å². The number of nitrogens with one attached hydrogen (secondary N) is 1. The van der Waals surface area contributed by atoms with E-state index in [0.29, 0.717) is 12.3 Å². The van der Waals surface area contributed by atoms with Crippen LogP contribution in [0.15, 0.2) is 82.4 Å². The van der Waals surface area contributed by atoms with Crippen molar-refractivity contribution in [2.45, 2.75) is 24.2 Å². The molecule has 5 rings (SSSR count). The summed E-state index contributed by atoms with van der Waals surface area (Å²) in [5.41, 5.74) is 2.92. The average Bonchev–Trinajstić information content (AvgIpc) is 3.39. The summed E-state index contributed by atoms with van der Waals surface area (Å²) in [4.78, 5) is 28.5. The van der Waals surface area contributed by atoms with Gasteiger partial charge in [0.2, 0.25) is 11.8 Å². The molecule has 0 spiro atoms. The molecule has 0 saturated carbocycles. The van der Waals surface area contributed by atoms with Crippen molar-refractivity contribution in [2.75, 3.05) is 5.75 Å². The molecule has 7 heteroatoms. The van der Waals surface area contributed by atoms with Crippen molar-refractivity contribution in [2.24, 2.45) is 7.05 Å². The van der Waals surface area contributed by atoms with Crippen LogP contribution in [0.5, 0.6) is 0 Å². The summed E-state index contributed by atoms with van der Waals surface area (Å²) in [5, 5.41) is 4.99. The molecule has 0 radical (unpaired) electrons. The summed E-state index contributed by atoms with van der Waals surface area (Å²) in [6.07, 6.45) is 1.58. The van der Waals surface area contributed by atoms with E-state index in [1.165, 1.54) is 11.8 Å². The monoisotopic (exact) mass is 445 g/mol. The number of carbonyl (C=O) groups is 2. The lowest BCUT2D eigenvalue weighted by molar-refractivity contribution is -0.139. The minimum atomic E-state index is -0.757. The molecule has 0 aliphatic carbocycles. The Morgan fingerprint density at radius 1 is 1.09 bits per heavy atom. The number of furan rings is 1. The van der Waals surface area contributed by atoms with E-state index in [1.54, 1.807) is 17.2 Å². The summed E-state index contributed by atoms with van der Waals surface area (Å²) in [5.74, 6) is 0.619. The number of para-hydroxylation sites is 1. The predicted molar refractivity (Wildman–Crippen MR) is 124 cm³/mol. The van der Waals surface area contributed by atoms with Gasteiger partial charge in [-0.1, -0.05) is 60.3 Å². The molecule has 1 atom stereocenters. The highest BCUT2D eigenvalue weighted by atomic mass is 32.2. The molecule has 3 heterocycles. The van der Waals surface area contributed by atoms with Crippen LogP contribution < -0.4 is 5.32 Å². The molecule has 32 heavy (non-hydrogen) atoms. The standard InChI is InChI=1S/C25H23N3O3S/c1-27-20-12-6-5-11-19(20)22-23(24(30)26-14-17-8-3-2-4-9-17)28(15-18-10-7-13-31-18)21(29)16-32-25(22)27/h2-13,23H,14-16H2,1H3,(H,26,30)/t23-/m0/s1. The van der Waals surface area contributed by atoms with Gasteiger partial charge < -0.3 is 19.2 Å². The second-order valence-electron chi connectivity index (χ2n) is 7.79. The SMILES string of the molecule is Cn1c2c(c3ccccc31)[C@@H](C(=O)NCc1ccccc1)N(Cc1ccco1)C(=O)CS2. The first kappa shape index (κ1) is 20.5. The Bertz CT molecular complexity index is 1260. The van der Waals surface area contributed by atoms with E-state index in [4.69, 9.17) is 4.42 Å². The number of aryl methyl sites for hydroxylation is 1. The van der Waals surface area contributed by atoms with Crippen LogP contribution in [0.25, 0.3) is 10.9 Å². The summed E-state index contributed by atoms with van der Waals surface area (Å²) in [6.45, 7) is 0.630. The van der Waals surface area contributed by atoms with Gasteiger partial charge in [0.25, 0.3) is 0 Å². The molecule has 162 valence electrons. The van der Waals surface area contributed by atoms with Gasteiger partial charge in [-0.2, -0.15) is 0 Å². The minimum Gasteiger partial charge on any atom is -0.467 e. The number of fused-ring (bicyclic) bond motifs is 3. The van der Waals surface area contributed by atoms with Gasteiger partial charge >= 0.3 is 0 Å². The summed E-state index contributed by atoms with van der Waals surface area (Å²) >= 11 is 1.48. The van der Waals surface area contributed by atoms with Gasteiger partial charge in [0.1, 0.15) is 11.8 Å². The van der Waals surface area contributed by atoms with Gasteiger partial charge in [-0.05, 0) is 23.8 Å². The third-order valence-electron chi connectivity index (χ3n) is 5.79. The number of hydrogen-bond donors (Lipinski definition) is 1. The summed E-state index contributed by atoms with van der Waals surface area (Å²) < 4.78 is 7.61. The lowest BCUT2D eigenvalue weighted by atomic mass is 10.0. The molecule has 1 aliphatic rings. The molecule has 0 fully saturated rings. The van der Waals surface area contributed by atoms with Crippen LogP contribution in [-0.4, -0.2) is 27.0 Å². The largest absolute Gasteiger partial charge is 0.467 e. The van der Waals surface area contributed by atoms with E-state index in [0.717, 1.165) is 27.1 Å². The van der Waals surface area contributed by atoms with Gasteiger partial charge in [0.15, 0.2) is 0 Å². The van der Waals surface area contributed by atoms with E-state index in [2.05, 4.69) is 9.88 Å². The van der Waals surface area contributed by atoms with Gasteiger partial charge in [-0.25, -0.2) is 0 Å². The molecule has 6 nitrogen and oxygen atoms in total. The number of rotatable bonds is 5. The Labute approximate surface area is 190 Å². The highest BCUT2D eigenvalue weighted by molar-refractivity contribution is 8.00. The third-order valence-corrected chi connectivity index (χ3v) is 6.95. The molecule has 0 unspecified atom stereocenters. The molecule has 1 aliphatic heterocycles. The van der Waals surface area contributed by atoms with Crippen LogP contribution in [0.4, 0.5) is 0 Å². The molecule has 0 bridgehead atoms. The predicted octanol–water partition coefficient (Wildman–Crippen LogP) is 4.26. The van der Waals surface area contributed by atoms with E-state index in [9.17, 15) is 9.59 Å². The molecule has 2 amide bonds. The smallest absolute Gasteiger partial charge is 0.247 e. The molecular formula is C25H23N3O3S.